The number of nitrogens with zero attached hydrogens (tertiary/aromatic N) is 1. The van der Waals surface area contributed by atoms with E-state index in [9.17, 15) is 8.42 Å². The Kier molecular flexibility index (Phi) is 6.70. The molecule has 3 N–H and O–H groups in total. The van der Waals surface area contributed by atoms with Crippen LogP contribution >= 0.6 is 12.4 Å². The maximum absolute atomic E-state index is 10.8. The molecule has 1 aliphatic heterocycles. The fourth-order valence-electron chi connectivity index (χ4n) is 1.68. The molecular weight excluding hydrogens is 238 g/mol. The van der Waals surface area contributed by atoms with E-state index in [-0.39, 0.29) is 18.4 Å². The highest BCUT2D eigenvalue weighted by Gasteiger charge is 2.15. The molecule has 0 aromatic rings. The van der Waals surface area contributed by atoms with Crippen molar-refractivity contribution in [2.24, 2.45) is 5.73 Å². The molecule has 1 saturated heterocycles. The maximum Gasteiger partial charge on any atom is 0.208 e. The number of nitrogens with one attached hydrogen (secondary N) is 1. The van der Waals surface area contributed by atoms with Gasteiger partial charge >= 0.3 is 0 Å². The van der Waals surface area contributed by atoms with Crippen LogP contribution < -0.4 is 10.5 Å². The minimum Gasteiger partial charge on any atom is -0.327 e. The third-order valence-electron chi connectivity index (χ3n) is 2.33. The van der Waals surface area contributed by atoms with Crippen molar-refractivity contribution >= 4 is 22.4 Å². The van der Waals surface area contributed by atoms with Crippen molar-refractivity contribution in [2.75, 3.05) is 32.4 Å². The van der Waals surface area contributed by atoms with Gasteiger partial charge in [-0.3, -0.25) is 0 Å². The summed E-state index contributed by atoms with van der Waals surface area (Å²) in [6.07, 6.45) is 3.37. The Morgan fingerprint density at radius 2 is 2.20 bits per heavy atom. The van der Waals surface area contributed by atoms with Crippen molar-refractivity contribution in [1.29, 1.82) is 0 Å². The van der Waals surface area contributed by atoms with Gasteiger partial charge in [0.2, 0.25) is 10.0 Å². The van der Waals surface area contributed by atoms with Crippen LogP contribution in [0.5, 0.6) is 0 Å². The van der Waals surface area contributed by atoms with Crippen LogP contribution in [0.15, 0.2) is 0 Å². The lowest BCUT2D eigenvalue weighted by Gasteiger charge is -2.30. The predicted octanol–water partition coefficient (Wildman–Crippen LogP) is -0.619. The SMILES string of the molecule is CS(=O)(=O)NCCN1CCCC(N)C1.Cl. The van der Waals surface area contributed by atoms with Gasteiger partial charge in [0.05, 0.1) is 6.26 Å². The highest BCUT2D eigenvalue weighted by molar-refractivity contribution is 7.88. The summed E-state index contributed by atoms with van der Waals surface area (Å²) in [5.74, 6) is 0. The van der Waals surface area contributed by atoms with Crippen molar-refractivity contribution in [2.45, 2.75) is 18.9 Å². The van der Waals surface area contributed by atoms with Crippen molar-refractivity contribution in [3.05, 3.63) is 0 Å². The molecule has 1 unspecified atom stereocenters. The summed E-state index contributed by atoms with van der Waals surface area (Å²) in [6, 6.07) is 0.252. The summed E-state index contributed by atoms with van der Waals surface area (Å²) in [5.41, 5.74) is 5.80. The molecule has 1 aliphatic rings. The van der Waals surface area contributed by atoms with Crippen molar-refractivity contribution in [3.63, 3.8) is 0 Å². The molecule has 1 fully saturated rings. The lowest BCUT2D eigenvalue weighted by molar-refractivity contribution is 0.213. The molecule has 1 rings (SSSR count). The van der Waals surface area contributed by atoms with Gasteiger partial charge in [0.25, 0.3) is 0 Å². The molecule has 0 amide bonds. The highest BCUT2D eigenvalue weighted by Crippen LogP contribution is 2.06. The lowest BCUT2D eigenvalue weighted by atomic mass is 10.1. The molecule has 1 heterocycles. The number of likely N-dealkylation sites (tertiary alicyclic amines) is 1. The largest absolute Gasteiger partial charge is 0.327 e. The second-order valence-corrected chi connectivity index (χ2v) is 5.70. The summed E-state index contributed by atoms with van der Waals surface area (Å²) in [5, 5.41) is 0. The molecular formula is C8H20ClN3O2S. The average Bonchev–Trinajstić information content (AvgIpc) is 2.01. The summed E-state index contributed by atoms with van der Waals surface area (Å²) in [6.45, 7) is 3.14. The van der Waals surface area contributed by atoms with E-state index >= 15 is 0 Å². The first kappa shape index (κ1) is 15.1. The third-order valence-corrected chi connectivity index (χ3v) is 3.06. The number of nitrogens with two attached hydrogens (primary N) is 1. The first-order valence-corrected chi connectivity index (χ1v) is 6.79. The predicted molar refractivity (Wildman–Crippen MR) is 63.7 cm³/mol. The Labute approximate surface area is 97.9 Å². The Balaban J connectivity index is 0.00000196. The van der Waals surface area contributed by atoms with Crippen LogP contribution in [0.2, 0.25) is 0 Å². The van der Waals surface area contributed by atoms with E-state index in [1.807, 2.05) is 0 Å². The Bertz CT molecular complexity index is 271. The average molecular weight is 258 g/mol. The fourth-order valence-corrected chi connectivity index (χ4v) is 2.15. The second kappa shape index (κ2) is 6.65. The maximum atomic E-state index is 10.8. The molecule has 0 saturated carbocycles. The zero-order valence-electron chi connectivity index (χ0n) is 8.98. The number of piperidine rings is 1. The standard InChI is InChI=1S/C8H19N3O2S.ClH/c1-14(12,13)10-4-6-11-5-2-3-8(9)7-11;/h8,10H,2-7,9H2,1H3;1H. The Hall–Kier alpha value is 0.120. The molecule has 92 valence electrons. The van der Waals surface area contributed by atoms with Crippen LogP contribution in [0.3, 0.4) is 0 Å². The van der Waals surface area contributed by atoms with Crippen LogP contribution in [0, 0.1) is 0 Å². The van der Waals surface area contributed by atoms with Gasteiger partial charge in [0.1, 0.15) is 0 Å². The van der Waals surface area contributed by atoms with Gasteiger partial charge in [-0.05, 0) is 19.4 Å². The van der Waals surface area contributed by atoms with E-state index in [1.54, 1.807) is 0 Å². The van der Waals surface area contributed by atoms with E-state index in [1.165, 1.54) is 6.26 Å². The van der Waals surface area contributed by atoms with Gasteiger partial charge in [0.15, 0.2) is 0 Å². The normalized spacial score (nSPS) is 23.5. The minimum absolute atomic E-state index is 0. The quantitative estimate of drug-likeness (QED) is 0.704. The third kappa shape index (κ3) is 7.08. The first-order chi connectivity index (χ1) is 6.47. The number of sulfonamides is 1. The van der Waals surface area contributed by atoms with Gasteiger partial charge in [0, 0.05) is 25.7 Å². The van der Waals surface area contributed by atoms with Crippen LogP contribution in [0.25, 0.3) is 0 Å². The van der Waals surface area contributed by atoms with E-state index in [4.69, 9.17) is 5.73 Å². The van der Waals surface area contributed by atoms with Crippen molar-refractivity contribution in [1.82, 2.24) is 9.62 Å². The summed E-state index contributed by atoms with van der Waals surface area (Å²) in [4.78, 5) is 2.20. The molecule has 7 heteroatoms. The zero-order chi connectivity index (χ0) is 10.6. The van der Waals surface area contributed by atoms with Gasteiger partial charge in [-0.25, -0.2) is 13.1 Å². The summed E-state index contributed by atoms with van der Waals surface area (Å²) in [7, 11) is -3.05. The van der Waals surface area contributed by atoms with Crippen LogP contribution in [0.4, 0.5) is 0 Å². The smallest absolute Gasteiger partial charge is 0.208 e. The molecule has 0 aromatic carbocycles. The first-order valence-electron chi connectivity index (χ1n) is 4.90. The number of hydrogen-bond donors (Lipinski definition) is 2. The molecule has 0 bridgehead atoms. The molecule has 0 radical (unpaired) electrons. The Morgan fingerprint density at radius 1 is 1.53 bits per heavy atom. The number of rotatable bonds is 4. The van der Waals surface area contributed by atoms with Crippen molar-refractivity contribution < 1.29 is 8.42 Å². The molecule has 15 heavy (non-hydrogen) atoms. The molecule has 5 nitrogen and oxygen atoms in total. The van der Waals surface area contributed by atoms with Gasteiger partial charge < -0.3 is 10.6 Å². The fraction of sp³-hybridized carbons (Fsp3) is 1.00. The van der Waals surface area contributed by atoms with Crippen LogP contribution in [-0.2, 0) is 10.0 Å². The van der Waals surface area contributed by atoms with E-state index in [2.05, 4.69) is 9.62 Å². The molecule has 0 spiro atoms. The second-order valence-electron chi connectivity index (χ2n) is 3.87. The molecule has 1 atom stereocenters. The molecule has 0 aliphatic carbocycles. The zero-order valence-corrected chi connectivity index (χ0v) is 10.6. The Morgan fingerprint density at radius 3 is 2.73 bits per heavy atom. The molecule has 0 aromatic heterocycles. The van der Waals surface area contributed by atoms with Crippen LogP contribution in [-0.4, -0.2) is 51.8 Å². The summed E-state index contributed by atoms with van der Waals surface area (Å²) >= 11 is 0. The highest BCUT2D eigenvalue weighted by atomic mass is 35.5. The summed E-state index contributed by atoms with van der Waals surface area (Å²) < 4.78 is 24.0. The van der Waals surface area contributed by atoms with Crippen LogP contribution in [0.1, 0.15) is 12.8 Å². The van der Waals surface area contributed by atoms with Gasteiger partial charge in [-0.15, -0.1) is 12.4 Å². The van der Waals surface area contributed by atoms with E-state index in [0.29, 0.717) is 6.54 Å². The lowest BCUT2D eigenvalue weighted by Crippen LogP contribution is -2.45. The van der Waals surface area contributed by atoms with Gasteiger partial charge in [-0.2, -0.15) is 0 Å². The monoisotopic (exact) mass is 257 g/mol. The number of halogens is 1. The van der Waals surface area contributed by atoms with E-state index in [0.717, 1.165) is 32.5 Å². The number of hydrogen-bond acceptors (Lipinski definition) is 4. The topological polar surface area (TPSA) is 75.4 Å². The minimum atomic E-state index is -3.05. The van der Waals surface area contributed by atoms with Crippen molar-refractivity contribution in [3.8, 4) is 0 Å². The van der Waals surface area contributed by atoms with Gasteiger partial charge in [-0.1, -0.05) is 0 Å². The van der Waals surface area contributed by atoms with E-state index < -0.39 is 10.0 Å².